The van der Waals surface area contributed by atoms with Crippen molar-refractivity contribution in [2.45, 2.75) is 31.3 Å². The van der Waals surface area contributed by atoms with Crippen molar-refractivity contribution in [3.05, 3.63) is 41.2 Å². The van der Waals surface area contributed by atoms with Crippen molar-refractivity contribution in [3.8, 4) is 0 Å². The Hall–Kier alpha value is -1.33. The fourth-order valence-electron chi connectivity index (χ4n) is 1.80. The molecule has 0 radical (unpaired) electrons. The van der Waals surface area contributed by atoms with Gasteiger partial charge in [-0.2, -0.15) is 0 Å². The summed E-state index contributed by atoms with van der Waals surface area (Å²) in [6.45, 7) is 5.44. The van der Waals surface area contributed by atoms with Crippen LogP contribution < -0.4 is 5.73 Å². The molecule has 0 saturated carbocycles. The Bertz CT molecular complexity index is 521. The smallest absolute Gasteiger partial charge is 0.191 e. The Balaban J connectivity index is 2.06. The molecule has 18 heavy (non-hydrogen) atoms. The third kappa shape index (κ3) is 3.11. The van der Waals surface area contributed by atoms with Crippen molar-refractivity contribution < 1.29 is 0 Å². The Morgan fingerprint density at radius 1 is 1.28 bits per heavy atom. The normalized spacial score (nSPS) is 10.8. The van der Waals surface area contributed by atoms with Crippen LogP contribution in [-0.2, 0) is 12.3 Å². The Morgan fingerprint density at radius 3 is 2.83 bits per heavy atom. The van der Waals surface area contributed by atoms with Crippen LogP contribution in [-0.4, -0.2) is 21.3 Å². The summed E-state index contributed by atoms with van der Waals surface area (Å²) in [6, 6.07) is 8.52. The molecule has 0 bridgehead atoms. The van der Waals surface area contributed by atoms with Crippen LogP contribution in [0, 0.1) is 13.8 Å². The molecule has 0 aliphatic rings. The van der Waals surface area contributed by atoms with Crippen molar-refractivity contribution in [1.29, 1.82) is 0 Å². The molecule has 1 heterocycles. The lowest BCUT2D eigenvalue weighted by Gasteiger charge is -2.06. The van der Waals surface area contributed by atoms with E-state index >= 15 is 0 Å². The van der Waals surface area contributed by atoms with Crippen molar-refractivity contribution >= 4 is 11.8 Å². The largest absolute Gasteiger partial charge is 0.329 e. The number of benzene rings is 1. The molecule has 2 N–H and O–H groups in total. The van der Waals surface area contributed by atoms with Crippen LogP contribution in [0.3, 0.4) is 0 Å². The van der Waals surface area contributed by atoms with Crippen molar-refractivity contribution in [2.75, 3.05) is 6.54 Å². The van der Waals surface area contributed by atoms with E-state index in [0.29, 0.717) is 6.54 Å². The summed E-state index contributed by atoms with van der Waals surface area (Å²) >= 11 is 1.70. The Morgan fingerprint density at radius 2 is 2.11 bits per heavy atom. The number of aromatic nitrogens is 3. The molecule has 0 unspecified atom stereocenters. The number of hydrogen-bond donors (Lipinski definition) is 1. The summed E-state index contributed by atoms with van der Waals surface area (Å²) in [5.74, 6) is 1.83. The zero-order valence-electron chi connectivity index (χ0n) is 10.8. The predicted molar refractivity (Wildman–Crippen MR) is 74.6 cm³/mol. The summed E-state index contributed by atoms with van der Waals surface area (Å²) < 4.78 is 2.07. The first-order chi connectivity index (χ1) is 8.70. The molecule has 0 aliphatic carbocycles. The highest BCUT2D eigenvalue weighted by Gasteiger charge is 2.08. The van der Waals surface area contributed by atoms with Crippen LogP contribution in [0.25, 0.3) is 0 Å². The number of thioether (sulfide) groups is 1. The first-order valence-corrected chi connectivity index (χ1v) is 6.97. The summed E-state index contributed by atoms with van der Waals surface area (Å²) in [5, 5.41) is 9.24. The van der Waals surface area contributed by atoms with Gasteiger partial charge in [-0.25, -0.2) is 0 Å². The molecule has 0 aliphatic heterocycles. The van der Waals surface area contributed by atoms with Gasteiger partial charge in [0, 0.05) is 18.8 Å². The molecular formula is C13H18N4S. The van der Waals surface area contributed by atoms with Crippen molar-refractivity contribution in [3.63, 3.8) is 0 Å². The third-order valence-electron chi connectivity index (χ3n) is 2.70. The van der Waals surface area contributed by atoms with Crippen LogP contribution in [0.4, 0.5) is 0 Å². The monoisotopic (exact) mass is 262 g/mol. The number of nitrogens with zero attached hydrogens (tertiary/aromatic N) is 3. The maximum absolute atomic E-state index is 5.60. The van der Waals surface area contributed by atoms with Gasteiger partial charge in [0.15, 0.2) is 5.16 Å². The molecule has 1 aromatic heterocycles. The lowest BCUT2D eigenvalue weighted by Crippen LogP contribution is -2.12. The number of rotatable bonds is 5. The molecule has 0 saturated heterocycles. The number of nitrogens with two attached hydrogens (primary N) is 1. The van der Waals surface area contributed by atoms with E-state index in [1.165, 1.54) is 11.1 Å². The molecule has 2 rings (SSSR count). The molecule has 5 heteroatoms. The SMILES string of the molecule is Cc1cccc(CSc2nnc(C)n2CCN)c1. The predicted octanol–water partition coefficient (Wildman–Crippen LogP) is 2.15. The van der Waals surface area contributed by atoms with Crippen LogP contribution >= 0.6 is 11.8 Å². The number of aryl methyl sites for hydroxylation is 2. The topological polar surface area (TPSA) is 56.7 Å². The molecule has 1 aromatic carbocycles. The zero-order chi connectivity index (χ0) is 13.0. The van der Waals surface area contributed by atoms with Gasteiger partial charge in [-0.3, -0.25) is 0 Å². The highest BCUT2D eigenvalue weighted by atomic mass is 32.2. The van der Waals surface area contributed by atoms with Gasteiger partial charge in [-0.15, -0.1) is 10.2 Å². The minimum atomic E-state index is 0.608. The minimum absolute atomic E-state index is 0.608. The molecule has 0 atom stereocenters. The highest BCUT2D eigenvalue weighted by molar-refractivity contribution is 7.98. The second-order valence-corrected chi connectivity index (χ2v) is 5.19. The minimum Gasteiger partial charge on any atom is -0.329 e. The average molecular weight is 262 g/mol. The summed E-state index contributed by atoms with van der Waals surface area (Å²) in [4.78, 5) is 0. The Kier molecular flexibility index (Phi) is 4.38. The van der Waals surface area contributed by atoms with Crippen LogP contribution in [0.15, 0.2) is 29.4 Å². The van der Waals surface area contributed by atoms with Crippen molar-refractivity contribution in [1.82, 2.24) is 14.8 Å². The van der Waals surface area contributed by atoms with Gasteiger partial charge in [-0.1, -0.05) is 41.6 Å². The maximum Gasteiger partial charge on any atom is 0.191 e. The number of hydrogen-bond acceptors (Lipinski definition) is 4. The zero-order valence-corrected chi connectivity index (χ0v) is 11.6. The first-order valence-electron chi connectivity index (χ1n) is 5.99. The molecular weight excluding hydrogens is 244 g/mol. The molecule has 4 nitrogen and oxygen atoms in total. The second kappa shape index (κ2) is 6.02. The third-order valence-corrected chi connectivity index (χ3v) is 3.74. The molecule has 0 amide bonds. The quantitative estimate of drug-likeness (QED) is 0.839. The second-order valence-electron chi connectivity index (χ2n) is 4.25. The van der Waals surface area contributed by atoms with Gasteiger partial charge < -0.3 is 10.3 Å². The molecule has 2 aromatic rings. The maximum atomic E-state index is 5.60. The van der Waals surface area contributed by atoms with E-state index in [2.05, 4.69) is 46.0 Å². The standard InChI is InChI=1S/C13H18N4S/c1-10-4-3-5-12(8-10)9-18-13-16-15-11(2)17(13)7-6-14/h3-5,8H,6-7,9,14H2,1-2H3. The Labute approximate surface area is 112 Å². The van der Waals surface area contributed by atoms with Crippen LogP contribution in [0.2, 0.25) is 0 Å². The molecule has 0 fully saturated rings. The van der Waals surface area contributed by atoms with Gasteiger partial charge in [0.25, 0.3) is 0 Å². The van der Waals surface area contributed by atoms with Gasteiger partial charge in [0.2, 0.25) is 0 Å². The van der Waals surface area contributed by atoms with Gasteiger partial charge in [-0.05, 0) is 19.4 Å². The van der Waals surface area contributed by atoms with E-state index < -0.39 is 0 Å². The fraction of sp³-hybridized carbons (Fsp3) is 0.385. The van der Waals surface area contributed by atoms with Crippen molar-refractivity contribution in [2.24, 2.45) is 5.73 Å². The average Bonchev–Trinajstić information content (AvgIpc) is 2.69. The highest BCUT2D eigenvalue weighted by Crippen LogP contribution is 2.22. The van der Waals surface area contributed by atoms with E-state index in [-0.39, 0.29) is 0 Å². The summed E-state index contributed by atoms with van der Waals surface area (Å²) in [6.07, 6.45) is 0. The van der Waals surface area contributed by atoms with Gasteiger partial charge in [0.05, 0.1) is 0 Å². The molecule has 0 spiro atoms. The van der Waals surface area contributed by atoms with Gasteiger partial charge in [0.1, 0.15) is 5.82 Å². The summed E-state index contributed by atoms with van der Waals surface area (Å²) in [7, 11) is 0. The van der Waals surface area contributed by atoms with Crippen LogP contribution in [0.1, 0.15) is 17.0 Å². The van der Waals surface area contributed by atoms with E-state index in [1.54, 1.807) is 11.8 Å². The van der Waals surface area contributed by atoms with E-state index in [9.17, 15) is 0 Å². The lowest BCUT2D eigenvalue weighted by atomic mass is 10.2. The van der Waals surface area contributed by atoms with E-state index in [1.807, 2.05) is 6.92 Å². The molecule has 96 valence electrons. The first kappa shape index (κ1) is 13.1. The lowest BCUT2D eigenvalue weighted by molar-refractivity contribution is 0.627. The van der Waals surface area contributed by atoms with E-state index in [0.717, 1.165) is 23.3 Å². The van der Waals surface area contributed by atoms with E-state index in [4.69, 9.17) is 5.73 Å². The van der Waals surface area contributed by atoms with Gasteiger partial charge >= 0.3 is 0 Å². The fourth-order valence-corrected chi connectivity index (χ4v) is 2.76. The summed E-state index contributed by atoms with van der Waals surface area (Å²) in [5.41, 5.74) is 8.19. The van der Waals surface area contributed by atoms with Crippen LogP contribution in [0.5, 0.6) is 0 Å².